The molecule has 3 aliphatic rings. The van der Waals surface area contributed by atoms with Gasteiger partial charge in [-0.05, 0) is 74.3 Å². The minimum absolute atomic E-state index is 0.525. The van der Waals surface area contributed by atoms with Crippen molar-refractivity contribution in [3.63, 3.8) is 0 Å². The van der Waals surface area contributed by atoms with Crippen molar-refractivity contribution >= 4 is 0 Å². The fourth-order valence-electron chi connectivity index (χ4n) is 3.87. The highest BCUT2D eigenvalue weighted by Gasteiger charge is 2.42. The Kier molecular flexibility index (Phi) is 3.68. The molecule has 0 aromatic rings. The summed E-state index contributed by atoms with van der Waals surface area (Å²) in [6.07, 6.45) is 7.41. The predicted octanol–water partition coefficient (Wildman–Crippen LogP) is 2.65. The van der Waals surface area contributed by atoms with Crippen LogP contribution in [0.2, 0.25) is 0 Å². The maximum atomic E-state index is 3.85. The zero-order chi connectivity index (χ0) is 12.6. The molecule has 1 unspecified atom stereocenters. The van der Waals surface area contributed by atoms with Gasteiger partial charge >= 0.3 is 0 Å². The van der Waals surface area contributed by atoms with E-state index < -0.39 is 0 Å². The molecule has 0 spiro atoms. The molecule has 0 bridgehead atoms. The summed E-state index contributed by atoms with van der Waals surface area (Å²) in [4.78, 5) is 0. The summed E-state index contributed by atoms with van der Waals surface area (Å²) in [5.74, 6) is 3.98. The van der Waals surface area contributed by atoms with Crippen molar-refractivity contribution < 1.29 is 0 Å². The van der Waals surface area contributed by atoms with Gasteiger partial charge < -0.3 is 10.6 Å². The Morgan fingerprint density at radius 1 is 1.17 bits per heavy atom. The maximum Gasteiger partial charge on any atom is 0.00230 e. The first-order valence-corrected chi connectivity index (χ1v) is 8.13. The van der Waals surface area contributed by atoms with Crippen LogP contribution >= 0.6 is 0 Å². The molecule has 1 saturated heterocycles. The summed E-state index contributed by atoms with van der Waals surface area (Å²) in [5, 5.41) is 7.42. The summed E-state index contributed by atoms with van der Waals surface area (Å²) in [7, 11) is 0. The molecule has 2 heteroatoms. The second-order valence-corrected chi connectivity index (χ2v) is 7.41. The van der Waals surface area contributed by atoms with Crippen molar-refractivity contribution in [2.24, 2.45) is 29.1 Å². The number of hydrogen-bond donors (Lipinski definition) is 2. The Morgan fingerprint density at radius 2 is 1.83 bits per heavy atom. The lowest BCUT2D eigenvalue weighted by Gasteiger charge is -2.33. The molecule has 1 atom stereocenters. The van der Waals surface area contributed by atoms with Crippen molar-refractivity contribution in [1.29, 1.82) is 0 Å². The second-order valence-electron chi connectivity index (χ2n) is 7.41. The highest BCUT2D eigenvalue weighted by atomic mass is 15.0. The normalized spacial score (nSPS) is 32.7. The van der Waals surface area contributed by atoms with Crippen LogP contribution < -0.4 is 10.6 Å². The molecule has 18 heavy (non-hydrogen) atoms. The largest absolute Gasteiger partial charge is 0.316 e. The maximum absolute atomic E-state index is 3.85. The fourth-order valence-corrected chi connectivity index (χ4v) is 3.87. The molecule has 0 aromatic heterocycles. The van der Waals surface area contributed by atoms with E-state index in [1.165, 1.54) is 58.3 Å². The van der Waals surface area contributed by atoms with Crippen LogP contribution in [0.1, 0.15) is 46.0 Å². The molecular formula is C16H30N2. The highest BCUT2D eigenvalue weighted by Crippen LogP contribution is 2.48. The van der Waals surface area contributed by atoms with E-state index in [0.717, 1.165) is 23.7 Å². The van der Waals surface area contributed by atoms with Gasteiger partial charge in [0.25, 0.3) is 0 Å². The lowest BCUT2D eigenvalue weighted by Crippen LogP contribution is -2.42. The van der Waals surface area contributed by atoms with Gasteiger partial charge in [-0.3, -0.25) is 0 Å². The summed E-state index contributed by atoms with van der Waals surface area (Å²) >= 11 is 0. The lowest BCUT2D eigenvalue weighted by molar-refractivity contribution is 0.201. The minimum Gasteiger partial charge on any atom is -0.316 e. The van der Waals surface area contributed by atoms with Crippen LogP contribution in [0.3, 0.4) is 0 Å². The van der Waals surface area contributed by atoms with Crippen molar-refractivity contribution in [3.8, 4) is 0 Å². The zero-order valence-electron chi connectivity index (χ0n) is 12.2. The highest BCUT2D eigenvalue weighted by molar-refractivity contribution is 4.95. The Hall–Kier alpha value is -0.0800. The molecule has 1 heterocycles. The third-order valence-corrected chi connectivity index (χ3v) is 5.81. The van der Waals surface area contributed by atoms with Crippen LogP contribution in [-0.2, 0) is 0 Å². The van der Waals surface area contributed by atoms with E-state index in [1.54, 1.807) is 0 Å². The van der Waals surface area contributed by atoms with Gasteiger partial charge in [-0.2, -0.15) is 0 Å². The van der Waals surface area contributed by atoms with Crippen molar-refractivity contribution in [2.45, 2.75) is 46.0 Å². The van der Waals surface area contributed by atoms with Crippen LogP contribution in [0.4, 0.5) is 0 Å². The number of nitrogens with one attached hydrogen (secondary N) is 2. The van der Waals surface area contributed by atoms with Gasteiger partial charge in [0, 0.05) is 13.1 Å². The summed E-state index contributed by atoms with van der Waals surface area (Å²) in [6.45, 7) is 9.75. The van der Waals surface area contributed by atoms with Crippen LogP contribution in [0.15, 0.2) is 0 Å². The first-order valence-electron chi connectivity index (χ1n) is 8.13. The molecule has 1 aliphatic heterocycles. The van der Waals surface area contributed by atoms with Gasteiger partial charge in [0.15, 0.2) is 0 Å². The molecule has 104 valence electrons. The van der Waals surface area contributed by atoms with Gasteiger partial charge in [-0.25, -0.2) is 0 Å². The monoisotopic (exact) mass is 250 g/mol. The Balaban J connectivity index is 1.47. The second kappa shape index (κ2) is 5.13. The molecule has 0 aromatic carbocycles. The smallest absolute Gasteiger partial charge is 0.00230 e. The average molecular weight is 250 g/mol. The fraction of sp³-hybridized carbons (Fsp3) is 1.00. The summed E-state index contributed by atoms with van der Waals surface area (Å²) < 4.78 is 0. The topological polar surface area (TPSA) is 24.1 Å². The van der Waals surface area contributed by atoms with E-state index in [-0.39, 0.29) is 0 Å². The molecular weight excluding hydrogens is 220 g/mol. The molecule has 2 N–H and O–H groups in total. The quantitative estimate of drug-likeness (QED) is 0.726. The molecule has 3 rings (SSSR count). The van der Waals surface area contributed by atoms with Gasteiger partial charge in [0.1, 0.15) is 0 Å². The molecule has 2 aliphatic carbocycles. The van der Waals surface area contributed by atoms with Gasteiger partial charge in [-0.15, -0.1) is 0 Å². The summed E-state index contributed by atoms with van der Waals surface area (Å²) in [5.41, 5.74) is 0.525. The van der Waals surface area contributed by atoms with Crippen molar-refractivity contribution in [1.82, 2.24) is 10.6 Å². The van der Waals surface area contributed by atoms with E-state index in [1.807, 2.05) is 0 Å². The summed E-state index contributed by atoms with van der Waals surface area (Å²) in [6, 6.07) is 0. The SMILES string of the molecule is CC(C)C1(CNCC(C2CC2)C2CC2)CCNC1. The molecule has 0 radical (unpaired) electrons. The standard InChI is InChI=1S/C16H30N2/c1-12(2)16(7-8-17-10-16)11-18-9-15(13-3-4-13)14-5-6-14/h12-15,17-18H,3-11H2,1-2H3. The molecule has 3 fully saturated rings. The zero-order valence-corrected chi connectivity index (χ0v) is 12.2. The molecule has 2 nitrogen and oxygen atoms in total. The van der Waals surface area contributed by atoms with Gasteiger partial charge in [-0.1, -0.05) is 13.8 Å². The van der Waals surface area contributed by atoms with E-state index in [0.29, 0.717) is 5.41 Å². The van der Waals surface area contributed by atoms with E-state index in [4.69, 9.17) is 0 Å². The first-order chi connectivity index (χ1) is 8.71. The van der Waals surface area contributed by atoms with Gasteiger partial charge in [0.2, 0.25) is 0 Å². The first kappa shape index (κ1) is 12.9. The Morgan fingerprint density at radius 3 is 2.28 bits per heavy atom. The number of hydrogen-bond acceptors (Lipinski definition) is 2. The molecule has 0 amide bonds. The molecule has 2 saturated carbocycles. The van der Waals surface area contributed by atoms with Crippen molar-refractivity contribution in [2.75, 3.05) is 26.2 Å². The third-order valence-electron chi connectivity index (χ3n) is 5.81. The van der Waals surface area contributed by atoms with Crippen molar-refractivity contribution in [3.05, 3.63) is 0 Å². The lowest BCUT2D eigenvalue weighted by atomic mass is 9.76. The van der Waals surface area contributed by atoms with E-state index >= 15 is 0 Å². The van der Waals surface area contributed by atoms with Crippen LogP contribution in [0.5, 0.6) is 0 Å². The number of rotatable bonds is 7. The van der Waals surface area contributed by atoms with Crippen LogP contribution in [0.25, 0.3) is 0 Å². The van der Waals surface area contributed by atoms with E-state index in [9.17, 15) is 0 Å². The van der Waals surface area contributed by atoms with Gasteiger partial charge in [0.05, 0.1) is 0 Å². The van der Waals surface area contributed by atoms with E-state index in [2.05, 4.69) is 24.5 Å². The average Bonchev–Trinajstić information content (AvgIpc) is 3.26. The Bertz CT molecular complexity index is 261. The predicted molar refractivity (Wildman–Crippen MR) is 76.6 cm³/mol. The Labute approximate surface area is 112 Å². The van der Waals surface area contributed by atoms with Crippen LogP contribution in [0, 0.1) is 29.1 Å². The van der Waals surface area contributed by atoms with Crippen LogP contribution in [-0.4, -0.2) is 26.2 Å². The minimum atomic E-state index is 0.525. The third kappa shape index (κ3) is 2.75.